The van der Waals surface area contributed by atoms with Crippen molar-refractivity contribution in [1.29, 1.82) is 0 Å². The van der Waals surface area contributed by atoms with E-state index < -0.39 is 0 Å². The minimum absolute atomic E-state index is 0.0136. The molecule has 110 valence electrons. The van der Waals surface area contributed by atoms with Gasteiger partial charge in [0.25, 0.3) is 5.91 Å². The van der Waals surface area contributed by atoms with Gasteiger partial charge in [-0.05, 0) is 44.1 Å². The van der Waals surface area contributed by atoms with Crippen LogP contribution in [-0.2, 0) is 0 Å². The molecule has 0 aliphatic heterocycles. The highest BCUT2D eigenvalue weighted by Crippen LogP contribution is 2.28. The van der Waals surface area contributed by atoms with Crippen LogP contribution >= 0.6 is 0 Å². The fourth-order valence-electron chi connectivity index (χ4n) is 3.25. The minimum Gasteiger partial charge on any atom is -0.385 e. The number of pyridine rings is 1. The van der Waals surface area contributed by atoms with Crippen LogP contribution in [0.2, 0.25) is 0 Å². The second-order valence-corrected chi connectivity index (χ2v) is 6.04. The maximum absolute atomic E-state index is 12.4. The Hall–Kier alpha value is -1.58. The van der Waals surface area contributed by atoms with Crippen LogP contribution in [0.4, 0.5) is 5.69 Å². The Morgan fingerprint density at radius 2 is 2.00 bits per heavy atom. The van der Waals surface area contributed by atoms with Crippen LogP contribution in [-0.4, -0.2) is 23.5 Å². The Morgan fingerprint density at radius 3 is 2.65 bits per heavy atom. The molecule has 2 rings (SSSR count). The summed E-state index contributed by atoms with van der Waals surface area (Å²) in [5.41, 5.74) is 1.50. The van der Waals surface area contributed by atoms with E-state index in [-0.39, 0.29) is 11.9 Å². The fourth-order valence-corrected chi connectivity index (χ4v) is 3.25. The molecule has 2 unspecified atom stereocenters. The maximum atomic E-state index is 12.4. The molecule has 2 atom stereocenters. The van der Waals surface area contributed by atoms with Crippen LogP contribution < -0.4 is 10.6 Å². The second-order valence-electron chi connectivity index (χ2n) is 6.04. The number of hydrogen-bond donors (Lipinski definition) is 2. The van der Waals surface area contributed by atoms with Crippen molar-refractivity contribution < 1.29 is 4.79 Å². The lowest BCUT2D eigenvalue weighted by Gasteiger charge is -2.32. The van der Waals surface area contributed by atoms with Crippen molar-refractivity contribution >= 4 is 11.6 Å². The highest BCUT2D eigenvalue weighted by atomic mass is 16.1. The molecular weight excluding hydrogens is 250 g/mol. The van der Waals surface area contributed by atoms with Gasteiger partial charge in [-0.2, -0.15) is 0 Å². The molecular formula is C16H25N3O. The van der Waals surface area contributed by atoms with Crippen LogP contribution in [0.3, 0.4) is 0 Å². The first-order valence-corrected chi connectivity index (χ1v) is 7.58. The molecule has 1 fully saturated rings. The molecule has 0 radical (unpaired) electrons. The average Bonchev–Trinajstić information content (AvgIpc) is 2.38. The van der Waals surface area contributed by atoms with E-state index in [1.807, 2.05) is 13.0 Å². The number of rotatable bonds is 4. The third-order valence-electron chi connectivity index (χ3n) is 3.95. The Labute approximate surface area is 121 Å². The molecule has 1 aromatic rings. The van der Waals surface area contributed by atoms with Crippen LogP contribution in [0.5, 0.6) is 0 Å². The van der Waals surface area contributed by atoms with E-state index in [9.17, 15) is 4.79 Å². The molecule has 0 spiro atoms. The van der Waals surface area contributed by atoms with Crippen molar-refractivity contribution in [1.82, 2.24) is 10.3 Å². The molecule has 0 saturated heterocycles. The van der Waals surface area contributed by atoms with Crippen molar-refractivity contribution in [3.8, 4) is 0 Å². The van der Waals surface area contributed by atoms with Crippen LogP contribution in [0.1, 0.15) is 50.4 Å². The molecule has 1 aliphatic carbocycles. The summed E-state index contributed by atoms with van der Waals surface area (Å²) in [6, 6.07) is 2.14. The first-order valence-electron chi connectivity index (χ1n) is 7.58. The van der Waals surface area contributed by atoms with E-state index in [0.29, 0.717) is 17.4 Å². The Bertz CT molecular complexity index is 451. The summed E-state index contributed by atoms with van der Waals surface area (Å²) < 4.78 is 0. The predicted octanol–water partition coefficient (Wildman–Crippen LogP) is 3.07. The van der Waals surface area contributed by atoms with Gasteiger partial charge in [0.2, 0.25) is 0 Å². The van der Waals surface area contributed by atoms with Crippen molar-refractivity contribution in [2.24, 2.45) is 11.8 Å². The number of anilines is 1. The molecule has 0 bridgehead atoms. The summed E-state index contributed by atoms with van der Waals surface area (Å²) >= 11 is 0. The highest BCUT2D eigenvalue weighted by molar-refractivity contribution is 5.99. The lowest BCUT2D eigenvalue weighted by Crippen LogP contribution is -2.40. The summed E-state index contributed by atoms with van der Waals surface area (Å²) in [5.74, 6) is 1.36. The zero-order valence-electron chi connectivity index (χ0n) is 12.6. The molecule has 1 aliphatic rings. The fraction of sp³-hybridized carbons (Fsp3) is 0.625. The lowest BCUT2D eigenvalue weighted by atomic mass is 9.80. The molecule has 4 heteroatoms. The van der Waals surface area contributed by atoms with E-state index in [4.69, 9.17) is 0 Å². The highest BCUT2D eigenvalue weighted by Gasteiger charge is 2.25. The molecule has 0 aromatic carbocycles. The molecule has 1 amide bonds. The zero-order valence-corrected chi connectivity index (χ0v) is 12.6. The summed E-state index contributed by atoms with van der Waals surface area (Å²) in [5, 5.41) is 6.39. The van der Waals surface area contributed by atoms with E-state index >= 15 is 0 Å². The van der Waals surface area contributed by atoms with E-state index in [1.165, 1.54) is 6.42 Å². The van der Waals surface area contributed by atoms with Crippen molar-refractivity contribution in [2.45, 2.75) is 46.1 Å². The summed E-state index contributed by atoms with van der Waals surface area (Å²) in [7, 11) is 0. The normalized spacial score (nSPS) is 26.1. The Kier molecular flexibility index (Phi) is 4.99. The Balaban J connectivity index is 2.04. The van der Waals surface area contributed by atoms with Gasteiger partial charge in [-0.1, -0.05) is 13.8 Å². The monoisotopic (exact) mass is 275 g/mol. The second kappa shape index (κ2) is 6.73. The van der Waals surface area contributed by atoms with E-state index in [1.54, 1.807) is 12.4 Å². The van der Waals surface area contributed by atoms with E-state index in [2.05, 4.69) is 29.5 Å². The van der Waals surface area contributed by atoms with Crippen molar-refractivity contribution in [2.75, 3.05) is 11.9 Å². The minimum atomic E-state index is -0.0136. The van der Waals surface area contributed by atoms with Crippen molar-refractivity contribution in [3.63, 3.8) is 0 Å². The van der Waals surface area contributed by atoms with Crippen molar-refractivity contribution in [3.05, 3.63) is 24.0 Å². The molecule has 1 aromatic heterocycles. The third kappa shape index (κ3) is 3.71. The molecule has 20 heavy (non-hydrogen) atoms. The first-order chi connectivity index (χ1) is 9.60. The molecule has 2 N–H and O–H groups in total. The number of aromatic nitrogens is 1. The first kappa shape index (κ1) is 14.8. The SMILES string of the molecule is CCNc1ccncc1C(=O)NC1CC(C)CC(C)C1. The summed E-state index contributed by atoms with van der Waals surface area (Å²) in [6.07, 6.45) is 6.77. The third-order valence-corrected chi connectivity index (χ3v) is 3.95. The molecule has 1 saturated carbocycles. The largest absolute Gasteiger partial charge is 0.385 e. The lowest BCUT2D eigenvalue weighted by molar-refractivity contribution is 0.0911. The van der Waals surface area contributed by atoms with Crippen LogP contribution in [0, 0.1) is 11.8 Å². The standard InChI is InChI=1S/C16H25N3O/c1-4-18-15-5-6-17-10-14(15)16(20)19-13-8-11(2)7-12(3)9-13/h5-6,10-13H,4,7-9H2,1-3H3,(H,17,18)(H,19,20). The number of hydrogen-bond acceptors (Lipinski definition) is 3. The van der Waals surface area contributed by atoms with Gasteiger partial charge in [-0.25, -0.2) is 0 Å². The summed E-state index contributed by atoms with van der Waals surface area (Å²) in [6.45, 7) is 7.35. The van der Waals surface area contributed by atoms with Crippen LogP contribution in [0.15, 0.2) is 18.5 Å². The van der Waals surface area contributed by atoms with Gasteiger partial charge >= 0.3 is 0 Å². The predicted molar refractivity (Wildman–Crippen MR) is 81.8 cm³/mol. The number of amides is 1. The molecule has 1 heterocycles. The van der Waals surface area contributed by atoms with Gasteiger partial charge in [0.15, 0.2) is 0 Å². The summed E-state index contributed by atoms with van der Waals surface area (Å²) in [4.78, 5) is 16.5. The van der Waals surface area contributed by atoms with Gasteiger partial charge in [0.1, 0.15) is 0 Å². The molecule has 4 nitrogen and oxygen atoms in total. The Morgan fingerprint density at radius 1 is 1.30 bits per heavy atom. The van der Waals surface area contributed by atoms with Crippen LogP contribution in [0.25, 0.3) is 0 Å². The number of nitrogens with zero attached hydrogens (tertiary/aromatic N) is 1. The smallest absolute Gasteiger partial charge is 0.255 e. The van der Waals surface area contributed by atoms with Gasteiger partial charge in [0, 0.05) is 25.0 Å². The van der Waals surface area contributed by atoms with Gasteiger partial charge < -0.3 is 10.6 Å². The average molecular weight is 275 g/mol. The maximum Gasteiger partial charge on any atom is 0.255 e. The number of carbonyl (C=O) groups excluding carboxylic acids is 1. The van der Waals surface area contributed by atoms with Gasteiger partial charge in [-0.15, -0.1) is 0 Å². The van der Waals surface area contributed by atoms with Gasteiger partial charge in [-0.3, -0.25) is 9.78 Å². The quantitative estimate of drug-likeness (QED) is 0.888. The van der Waals surface area contributed by atoms with Gasteiger partial charge in [0.05, 0.1) is 11.3 Å². The number of carbonyl (C=O) groups is 1. The zero-order chi connectivity index (χ0) is 14.5. The van der Waals surface area contributed by atoms with E-state index in [0.717, 1.165) is 25.1 Å². The topological polar surface area (TPSA) is 54.0 Å². The number of nitrogens with one attached hydrogen (secondary N) is 2.